The highest BCUT2D eigenvalue weighted by Crippen LogP contribution is 2.32. The number of halogens is 1. The lowest BCUT2D eigenvalue weighted by Gasteiger charge is -2.34. The Balaban J connectivity index is 2.90. The number of aromatic nitrogens is 2. The van der Waals surface area contributed by atoms with Crippen LogP contribution in [0.4, 0.5) is 0 Å². The number of aryl methyl sites for hydroxylation is 2. The summed E-state index contributed by atoms with van der Waals surface area (Å²) in [4.78, 5) is 0. The van der Waals surface area contributed by atoms with E-state index in [-0.39, 0.29) is 11.0 Å². The first-order valence-electron chi connectivity index (χ1n) is 7.51. The van der Waals surface area contributed by atoms with Crippen LogP contribution in [0, 0.1) is 12.3 Å². The molecule has 1 rings (SSSR count). The van der Waals surface area contributed by atoms with Crippen molar-refractivity contribution in [3.8, 4) is 0 Å². The van der Waals surface area contributed by atoms with Gasteiger partial charge in [-0.3, -0.25) is 4.68 Å². The van der Waals surface area contributed by atoms with Crippen molar-refractivity contribution in [3.63, 3.8) is 0 Å². The van der Waals surface area contributed by atoms with Crippen LogP contribution in [0.5, 0.6) is 0 Å². The van der Waals surface area contributed by atoms with Gasteiger partial charge in [0.25, 0.3) is 0 Å². The normalized spacial score (nSPS) is 15.4. The zero-order chi connectivity index (χ0) is 15.6. The smallest absolute Gasteiger partial charge is 0.0738 e. The number of rotatable bonds is 6. The predicted molar refractivity (Wildman–Crippen MR) is 90.1 cm³/mol. The van der Waals surface area contributed by atoms with Crippen molar-refractivity contribution in [1.82, 2.24) is 15.1 Å². The van der Waals surface area contributed by atoms with Crippen molar-refractivity contribution in [1.29, 1.82) is 0 Å². The molecule has 1 aromatic heterocycles. The van der Waals surface area contributed by atoms with E-state index in [0.717, 1.165) is 23.1 Å². The van der Waals surface area contributed by atoms with Gasteiger partial charge in [-0.15, -0.1) is 0 Å². The van der Waals surface area contributed by atoms with E-state index in [1.165, 1.54) is 18.5 Å². The maximum absolute atomic E-state index is 4.51. The molecule has 1 heterocycles. The molecule has 0 spiro atoms. The first-order valence-corrected chi connectivity index (χ1v) is 8.30. The van der Waals surface area contributed by atoms with Crippen molar-refractivity contribution in [2.45, 2.75) is 66.3 Å². The minimum absolute atomic E-state index is 0.161. The largest absolute Gasteiger partial charge is 0.312 e. The summed E-state index contributed by atoms with van der Waals surface area (Å²) in [7, 11) is 2.04. The minimum atomic E-state index is 0.161. The third-order valence-electron chi connectivity index (χ3n) is 3.75. The van der Waals surface area contributed by atoms with Crippen molar-refractivity contribution in [2.75, 3.05) is 6.54 Å². The van der Waals surface area contributed by atoms with Gasteiger partial charge in [-0.25, -0.2) is 0 Å². The van der Waals surface area contributed by atoms with Crippen molar-refractivity contribution < 1.29 is 0 Å². The topological polar surface area (TPSA) is 29.9 Å². The van der Waals surface area contributed by atoms with Gasteiger partial charge in [0.15, 0.2) is 0 Å². The van der Waals surface area contributed by atoms with E-state index >= 15 is 0 Å². The quantitative estimate of drug-likeness (QED) is 0.837. The Hall–Kier alpha value is -0.350. The van der Waals surface area contributed by atoms with E-state index < -0.39 is 0 Å². The summed E-state index contributed by atoms with van der Waals surface area (Å²) in [5.41, 5.74) is 2.79. The molecular weight excluding hydrogens is 314 g/mol. The molecule has 20 heavy (non-hydrogen) atoms. The highest BCUT2D eigenvalue weighted by atomic mass is 79.9. The summed E-state index contributed by atoms with van der Waals surface area (Å²) in [6, 6.07) is 0. The third kappa shape index (κ3) is 4.88. The highest BCUT2D eigenvalue weighted by molar-refractivity contribution is 9.10. The average Bonchev–Trinajstić information content (AvgIpc) is 2.53. The van der Waals surface area contributed by atoms with E-state index in [1.54, 1.807) is 0 Å². The molecule has 1 aromatic rings. The summed E-state index contributed by atoms with van der Waals surface area (Å²) in [6.07, 6.45) is 3.46. The molecule has 3 nitrogen and oxygen atoms in total. The molecule has 0 aromatic carbocycles. The Bertz CT molecular complexity index is 445. The summed E-state index contributed by atoms with van der Waals surface area (Å²) in [6.45, 7) is 14.4. The molecule has 4 heteroatoms. The lowest BCUT2D eigenvalue weighted by Crippen LogP contribution is -2.44. The Morgan fingerprint density at radius 2 is 1.85 bits per heavy atom. The summed E-state index contributed by atoms with van der Waals surface area (Å²) >= 11 is 3.69. The molecule has 0 amide bonds. The molecule has 0 saturated heterocycles. The molecular formula is C16H30BrN3. The van der Waals surface area contributed by atoms with Crippen molar-refractivity contribution in [2.24, 2.45) is 12.5 Å². The monoisotopic (exact) mass is 343 g/mol. The van der Waals surface area contributed by atoms with Crippen molar-refractivity contribution >= 4 is 15.9 Å². The second kappa shape index (κ2) is 6.61. The van der Waals surface area contributed by atoms with Gasteiger partial charge in [-0.2, -0.15) is 5.10 Å². The van der Waals surface area contributed by atoms with Gasteiger partial charge in [0.1, 0.15) is 0 Å². The standard InChI is InChI=1S/C16H30BrN3/c1-8-9-16(6,11-18-15(3,4)5)10-13-14(17)12(2)19-20(13)7/h18H,8-11H2,1-7H3. The van der Waals surface area contributed by atoms with E-state index in [4.69, 9.17) is 0 Å². The number of nitrogens with zero attached hydrogens (tertiary/aromatic N) is 2. The molecule has 116 valence electrons. The van der Waals surface area contributed by atoms with E-state index in [0.29, 0.717) is 0 Å². The van der Waals surface area contributed by atoms with Gasteiger partial charge in [0.05, 0.1) is 15.9 Å². The molecule has 0 aliphatic carbocycles. The molecule has 0 fully saturated rings. The summed E-state index contributed by atoms with van der Waals surface area (Å²) in [5.74, 6) is 0. The maximum atomic E-state index is 4.51. The SMILES string of the molecule is CCCC(C)(CNC(C)(C)C)Cc1c(Br)c(C)nn1C. The van der Waals surface area contributed by atoms with Gasteiger partial charge in [-0.1, -0.05) is 20.3 Å². The van der Waals surface area contributed by atoms with Crippen LogP contribution in [0.25, 0.3) is 0 Å². The Morgan fingerprint density at radius 1 is 1.25 bits per heavy atom. The molecule has 1 N–H and O–H groups in total. The van der Waals surface area contributed by atoms with Crippen LogP contribution in [0.2, 0.25) is 0 Å². The maximum Gasteiger partial charge on any atom is 0.0738 e. The first kappa shape index (κ1) is 17.7. The molecule has 0 radical (unpaired) electrons. The molecule has 0 aliphatic heterocycles. The fourth-order valence-electron chi connectivity index (χ4n) is 2.60. The van der Waals surface area contributed by atoms with Crippen LogP contribution < -0.4 is 5.32 Å². The van der Waals surface area contributed by atoms with Crippen LogP contribution in [-0.4, -0.2) is 21.9 Å². The molecule has 1 unspecified atom stereocenters. The second-order valence-electron chi connectivity index (χ2n) is 7.31. The van der Waals surface area contributed by atoms with Crippen LogP contribution in [-0.2, 0) is 13.5 Å². The minimum Gasteiger partial charge on any atom is -0.312 e. The fraction of sp³-hybridized carbons (Fsp3) is 0.812. The lowest BCUT2D eigenvalue weighted by molar-refractivity contribution is 0.239. The highest BCUT2D eigenvalue weighted by Gasteiger charge is 2.28. The van der Waals surface area contributed by atoms with Crippen LogP contribution in [0.3, 0.4) is 0 Å². The van der Waals surface area contributed by atoms with Crippen molar-refractivity contribution in [3.05, 3.63) is 15.9 Å². The zero-order valence-electron chi connectivity index (χ0n) is 14.1. The predicted octanol–water partition coefficient (Wildman–Crippen LogP) is 4.23. The number of nitrogens with one attached hydrogen (secondary N) is 1. The Labute approximate surface area is 132 Å². The van der Waals surface area contributed by atoms with Gasteiger partial charge >= 0.3 is 0 Å². The van der Waals surface area contributed by atoms with Gasteiger partial charge < -0.3 is 5.32 Å². The second-order valence-corrected chi connectivity index (χ2v) is 8.10. The summed E-state index contributed by atoms with van der Waals surface area (Å²) in [5, 5.41) is 8.18. The Morgan fingerprint density at radius 3 is 2.25 bits per heavy atom. The molecule has 1 atom stereocenters. The van der Waals surface area contributed by atoms with Crippen LogP contribution in [0.1, 0.15) is 58.8 Å². The lowest BCUT2D eigenvalue weighted by atomic mass is 9.80. The molecule has 0 saturated carbocycles. The Kier molecular flexibility index (Phi) is 5.85. The van der Waals surface area contributed by atoms with Gasteiger partial charge in [0.2, 0.25) is 0 Å². The van der Waals surface area contributed by atoms with Crippen LogP contribution >= 0.6 is 15.9 Å². The molecule has 0 aliphatic rings. The fourth-order valence-corrected chi connectivity index (χ4v) is 3.07. The first-order chi connectivity index (χ1) is 9.08. The molecule has 0 bridgehead atoms. The summed E-state index contributed by atoms with van der Waals surface area (Å²) < 4.78 is 3.18. The third-order valence-corrected chi connectivity index (χ3v) is 4.79. The number of hydrogen-bond acceptors (Lipinski definition) is 2. The number of hydrogen-bond donors (Lipinski definition) is 1. The average molecular weight is 344 g/mol. The van der Waals surface area contributed by atoms with Gasteiger partial charge in [-0.05, 0) is 61.9 Å². The zero-order valence-corrected chi connectivity index (χ0v) is 15.7. The van der Waals surface area contributed by atoms with Crippen LogP contribution in [0.15, 0.2) is 4.47 Å². The van der Waals surface area contributed by atoms with Gasteiger partial charge in [0, 0.05) is 19.1 Å². The van der Waals surface area contributed by atoms with E-state index in [1.807, 2.05) is 11.7 Å². The van der Waals surface area contributed by atoms with E-state index in [9.17, 15) is 0 Å². The van der Waals surface area contributed by atoms with E-state index in [2.05, 4.69) is 67.9 Å².